The summed E-state index contributed by atoms with van der Waals surface area (Å²) >= 11 is 3.36. The number of hydrogen-bond acceptors (Lipinski definition) is 5. The molecule has 108 valence electrons. The lowest BCUT2D eigenvalue weighted by Crippen LogP contribution is -2.33. The van der Waals surface area contributed by atoms with Crippen molar-refractivity contribution in [3.05, 3.63) is 28.2 Å². The highest BCUT2D eigenvalue weighted by molar-refractivity contribution is 9.10. The van der Waals surface area contributed by atoms with E-state index in [1.54, 1.807) is 26.2 Å². The van der Waals surface area contributed by atoms with Crippen LogP contribution in [0, 0.1) is 11.3 Å². The fraction of sp³-hybridized carbons (Fsp3) is 0.429. The molecule has 1 aromatic rings. The number of anilines is 1. The molecule has 0 aliphatic rings. The van der Waals surface area contributed by atoms with Gasteiger partial charge < -0.3 is 14.4 Å². The number of methoxy groups -OCH3 is 1. The first-order chi connectivity index (χ1) is 9.60. The summed E-state index contributed by atoms with van der Waals surface area (Å²) in [6.45, 7) is 3.26. The van der Waals surface area contributed by atoms with Gasteiger partial charge in [-0.05, 0) is 25.1 Å². The maximum atomic E-state index is 11.6. The van der Waals surface area contributed by atoms with Crippen LogP contribution in [-0.2, 0) is 14.3 Å². The molecule has 0 aliphatic carbocycles. The molecule has 0 aromatic heterocycles. The number of esters is 1. The van der Waals surface area contributed by atoms with Crippen LogP contribution >= 0.6 is 15.9 Å². The molecule has 20 heavy (non-hydrogen) atoms. The van der Waals surface area contributed by atoms with Crippen LogP contribution in [0.1, 0.15) is 12.5 Å². The van der Waals surface area contributed by atoms with Crippen molar-refractivity contribution < 1.29 is 14.3 Å². The van der Waals surface area contributed by atoms with Crippen molar-refractivity contribution in [2.45, 2.75) is 6.92 Å². The van der Waals surface area contributed by atoms with Gasteiger partial charge in [0, 0.05) is 23.8 Å². The van der Waals surface area contributed by atoms with Gasteiger partial charge in [-0.2, -0.15) is 5.26 Å². The van der Waals surface area contributed by atoms with E-state index in [1.807, 2.05) is 11.0 Å². The largest absolute Gasteiger partial charge is 0.465 e. The van der Waals surface area contributed by atoms with Gasteiger partial charge in [-0.1, -0.05) is 15.9 Å². The zero-order valence-electron chi connectivity index (χ0n) is 11.6. The standard InChI is InChI=1S/C14H17BrN2O3/c1-3-20-14(18)10-17(4-5-19-2)13-7-11(9-16)6-12(15)8-13/h6-8H,3-5,10H2,1-2H3. The first-order valence-corrected chi connectivity index (χ1v) is 7.00. The van der Waals surface area contributed by atoms with E-state index in [1.165, 1.54) is 0 Å². The summed E-state index contributed by atoms with van der Waals surface area (Å²) in [6.07, 6.45) is 0. The number of halogens is 1. The van der Waals surface area contributed by atoms with E-state index in [2.05, 4.69) is 22.0 Å². The third kappa shape index (κ3) is 5.19. The fourth-order valence-electron chi connectivity index (χ4n) is 1.68. The van der Waals surface area contributed by atoms with Gasteiger partial charge in [0.15, 0.2) is 0 Å². The Morgan fingerprint density at radius 2 is 2.20 bits per heavy atom. The lowest BCUT2D eigenvalue weighted by molar-refractivity contribution is -0.141. The zero-order valence-corrected chi connectivity index (χ0v) is 13.1. The highest BCUT2D eigenvalue weighted by Gasteiger charge is 2.13. The summed E-state index contributed by atoms with van der Waals surface area (Å²) in [5.41, 5.74) is 1.31. The van der Waals surface area contributed by atoms with Gasteiger partial charge in [0.05, 0.1) is 24.8 Å². The number of hydrogen-bond donors (Lipinski definition) is 0. The van der Waals surface area contributed by atoms with E-state index in [9.17, 15) is 4.79 Å². The first-order valence-electron chi connectivity index (χ1n) is 6.21. The second-order valence-corrected chi connectivity index (χ2v) is 4.94. The minimum Gasteiger partial charge on any atom is -0.465 e. The highest BCUT2D eigenvalue weighted by Crippen LogP contribution is 2.22. The third-order valence-electron chi connectivity index (χ3n) is 2.57. The molecule has 0 saturated carbocycles. The predicted molar refractivity (Wildman–Crippen MR) is 79.6 cm³/mol. The zero-order chi connectivity index (χ0) is 15.0. The van der Waals surface area contributed by atoms with Gasteiger partial charge in [0.2, 0.25) is 0 Å². The minimum absolute atomic E-state index is 0.124. The number of ether oxygens (including phenoxy) is 2. The Balaban J connectivity index is 2.94. The molecule has 6 heteroatoms. The summed E-state index contributed by atoms with van der Waals surface area (Å²) in [6, 6.07) is 7.41. The van der Waals surface area contributed by atoms with E-state index < -0.39 is 0 Å². The smallest absolute Gasteiger partial charge is 0.325 e. The molecule has 0 bridgehead atoms. The molecule has 1 aromatic carbocycles. The minimum atomic E-state index is -0.304. The van der Waals surface area contributed by atoms with Crippen LogP contribution in [0.25, 0.3) is 0 Å². The quantitative estimate of drug-likeness (QED) is 0.713. The maximum Gasteiger partial charge on any atom is 0.325 e. The summed E-state index contributed by atoms with van der Waals surface area (Å²) in [5.74, 6) is -0.304. The predicted octanol–water partition coefficient (Wildman–Crippen LogP) is 2.34. The van der Waals surface area contributed by atoms with E-state index >= 15 is 0 Å². The van der Waals surface area contributed by atoms with Gasteiger partial charge in [-0.25, -0.2) is 0 Å². The van der Waals surface area contributed by atoms with Crippen LogP contribution in [0.4, 0.5) is 5.69 Å². The van der Waals surface area contributed by atoms with E-state index in [4.69, 9.17) is 14.7 Å². The SMILES string of the molecule is CCOC(=O)CN(CCOC)c1cc(Br)cc(C#N)c1. The summed E-state index contributed by atoms with van der Waals surface area (Å²) < 4.78 is 10.8. The summed E-state index contributed by atoms with van der Waals surface area (Å²) in [5, 5.41) is 9.00. The van der Waals surface area contributed by atoms with Crippen molar-refractivity contribution in [1.29, 1.82) is 5.26 Å². The molecule has 0 radical (unpaired) electrons. The van der Waals surface area contributed by atoms with Crippen molar-refractivity contribution in [2.75, 3.05) is 38.3 Å². The second-order valence-electron chi connectivity index (χ2n) is 4.03. The average Bonchev–Trinajstić information content (AvgIpc) is 2.42. The van der Waals surface area contributed by atoms with Crippen molar-refractivity contribution in [1.82, 2.24) is 0 Å². The molecule has 0 unspecified atom stereocenters. The lowest BCUT2D eigenvalue weighted by Gasteiger charge is -2.23. The molecule has 5 nitrogen and oxygen atoms in total. The molecular weight excluding hydrogens is 324 g/mol. The second kappa shape index (κ2) is 8.56. The number of rotatable bonds is 7. The van der Waals surface area contributed by atoms with Crippen LogP contribution in [0.2, 0.25) is 0 Å². The molecule has 1 rings (SSSR count). The summed E-state index contributed by atoms with van der Waals surface area (Å²) in [7, 11) is 1.60. The van der Waals surface area contributed by atoms with Gasteiger partial charge in [-0.3, -0.25) is 4.79 Å². The molecule has 0 spiro atoms. The Kier molecular flexibility index (Phi) is 7.05. The van der Waals surface area contributed by atoms with Crippen LogP contribution in [-0.4, -0.2) is 39.4 Å². The molecule has 0 fully saturated rings. The van der Waals surface area contributed by atoms with Crippen molar-refractivity contribution in [3.63, 3.8) is 0 Å². The molecule has 0 aliphatic heterocycles. The number of carbonyl (C=O) groups excluding carboxylic acids is 1. The van der Waals surface area contributed by atoms with Crippen molar-refractivity contribution >= 4 is 27.6 Å². The van der Waals surface area contributed by atoms with Crippen LogP contribution in [0.15, 0.2) is 22.7 Å². The molecule has 0 N–H and O–H groups in total. The Morgan fingerprint density at radius 3 is 2.80 bits per heavy atom. The van der Waals surface area contributed by atoms with E-state index in [-0.39, 0.29) is 12.5 Å². The molecule has 0 saturated heterocycles. The van der Waals surface area contributed by atoms with Gasteiger partial charge >= 0.3 is 5.97 Å². The van der Waals surface area contributed by atoms with Crippen LogP contribution in [0.5, 0.6) is 0 Å². The first kappa shape index (κ1) is 16.5. The molecular formula is C14H17BrN2O3. The van der Waals surface area contributed by atoms with E-state index in [0.717, 1.165) is 10.2 Å². The number of nitrogens with zero attached hydrogens (tertiary/aromatic N) is 2. The normalized spacial score (nSPS) is 9.90. The molecule has 0 amide bonds. The summed E-state index contributed by atoms with van der Waals surface area (Å²) in [4.78, 5) is 13.5. The van der Waals surface area contributed by atoms with Gasteiger partial charge in [0.25, 0.3) is 0 Å². The fourth-order valence-corrected chi connectivity index (χ4v) is 2.17. The van der Waals surface area contributed by atoms with Crippen LogP contribution < -0.4 is 4.90 Å². The van der Waals surface area contributed by atoms with Crippen molar-refractivity contribution in [3.8, 4) is 6.07 Å². The van der Waals surface area contributed by atoms with E-state index in [0.29, 0.717) is 25.3 Å². The Bertz CT molecular complexity index is 500. The van der Waals surface area contributed by atoms with Gasteiger partial charge in [0.1, 0.15) is 6.54 Å². The van der Waals surface area contributed by atoms with Gasteiger partial charge in [-0.15, -0.1) is 0 Å². The number of nitriles is 1. The van der Waals surface area contributed by atoms with Crippen LogP contribution in [0.3, 0.4) is 0 Å². The lowest BCUT2D eigenvalue weighted by atomic mass is 10.2. The maximum absolute atomic E-state index is 11.6. The highest BCUT2D eigenvalue weighted by atomic mass is 79.9. The Labute approximate surface area is 127 Å². The molecule has 0 heterocycles. The topological polar surface area (TPSA) is 62.6 Å². The Morgan fingerprint density at radius 1 is 1.45 bits per heavy atom. The number of carbonyl (C=O) groups is 1. The Hall–Kier alpha value is -1.58. The average molecular weight is 341 g/mol. The number of benzene rings is 1. The molecule has 0 atom stereocenters. The van der Waals surface area contributed by atoms with Crippen molar-refractivity contribution in [2.24, 2.45) is 0 Å². The monoisotopic (exact) mass is 340 g/mol. The third-order valence-corrected chi connectivity index (χ3v) is 3.03.